The highest BCUT2D eigenvalue weighted by molar-refractivity contribution is 5.91. The van der Waals surface area contributed by atoms with Gasteiger partial charge >= 0.3 is 0 Å². The summed E-state index contributed by atoms with van der Waals surface area (Å²) in [5.74, 6) is 0.631. The van der Waals surface area contributed by atoms with Crippen LogP contribution >= 0.6 is 0 Å². The Bertz CT molecular complexity index is 661. The predicted octanol–water partition coefficient (Wildman–Crippen LogP) is 2.79. The summed E-state index contributed by atoms with van der Waals surface area (Å²) >= 11 is 0. The first-order valence-electron chi connectivity index (χ1n) is 8.41. The molecule has 1 aromatic carbocycles. The van der Waals surface area contributed by atoms with Gasteiger partial charge in [0.05, 0.1) is 12.7 Å². The third kappa shape index (κ3) is 3.97. The zero-order chi connectivity index (χ0) is 16.9. The van der Waals surface area contributed by atoms with Crippen LogP contribution in [0.2, 0.25) is 0 Å². The van der Waals surface area contributed by atoms with Crippen molar-refractivity contribution in [2.45, 2.75) is 38.3 Å². The molecule has 128 valence electrons. The van der Waals surface area contributed by atoms with E-state index >= 15 is 0 Å². The maximum atomic E-state index is 12.5. The molecule has 1 aliphatic rings. The lowest BCUT2D eigenvalue weighted by Crippen LogP contribution is -2.48. The Morgan fingerprint density at radius 1 is 1.29 bits per heavy atom. The fourth-order valence-electron chi connectivity index (χ4n) is 3.06. The van der Waals surface area contributed by atoms with E-state index in [-0.39, 0.29) is 29.7 Å². The zero-order valence-corrected chi connectivity index (χ0v) is 13.8. The second-order valence-corrected chi connectivity index (χ2v) is 6.21. The van der Waals surface area contributed by atoms with Gasteiger partial charge in [-0.1, -0.05) is 30.3 Å². The maximum Gasteiger partial charge on any atom is 0.287 e. The summed E-state index contributed by atoms with van der Waals surface area (Å²) in [6.45, 7) is 2.35. The molecule has 24 heavy (non-hydrogen) atoms. The molecule has 1 fully saturated rings. The third-order valence-electron chi connectivity index (χ3n) is 4.43. The van der Waals surface area contributed by atoms with Crippen LogP contribution in [0.4, 0.5) is 0 Å². The number of benzene rings is 1. The molecule has 0 unspecified atom stereocenters. The van der Waals surface area contributed by atoms with Crippen molar-refractivity contribution in [2.75, 3.05) is 6.61 Å². The number of carbonyl (C=O) groups excluding carboxylic acids is 1. The lowest BCUT2D eigenvalue weighted by atomic mass is 9.75. The van der Waals surface area contributed by atoms with Crippen molar-refractivity contribution in [3.8, 4) is 5.95 Å². The van der Waals surface area contributed by atoms with Gasteiger partial charge in [-0.15, -0.1) is 0 Å². The number of rotatable bonds is 7. The SMILES string of the molecule is CCOc1ccc(C(=O)N[C@H](Cc2ccccc2)C2CC(O)C2)o1. The third-order valence-corrected chi connectivity index (χ3v) is 4.43. The van der Waals surface area contributed by atoms with Crippen LogP contribution in [0, 0.1) is 5.92 Å². The molecule has 1 atom stereocenters. The Labute approximate surface area is 141 Å². The number of hydrogen-bond donors (Lipinski definition) is 2. The van der Waals surface area contributed by atoms with Crippen LogP contribution in [0.1, 0.15) is 35.9 Å². The zero-order valence-electron chi connectivity index (χ0n) is 13.8. The number of carbonyl (C=O) groups is 1. The highest BCUT2D eigenvalue weighted by atomic mass is 16.6. The Balaban J connectivity index is 1.67. The van der Waals surface area contributed by atoms with E-state index in [2.05, 4.69) is 5.32 Å². The van der Waals surface area contributed by atoms with E-state index in [9.17, 15) is 9.90 Å². The first-order chi connectivity index (χ1) is 11.7. The summed E-state index contributed by atoms with van der Waals surface area (Å²) in [5, 5.41) is 12.7. The van der Waals surface area contributed by atoms with E-state index in [0.717, 1.165) is 19.3 Å². The first-order valence-corrected chi connectivity index (χ1v) is 8.41. The lowest BCUT2D eigenvalue weighted by Gasteiger charge is -2.38. The molecule has 0 aliphatic heterocycles. The van der Waals surface area contributed by atoms with E-state index in [1.165, 1.54) is 5.56 Å². The Morgan fingerprint density at radius 3 is 2.71 bits per heavy atom. The average Bonchev–Trinajstić information content (AvgIpc) is 3.01. The van der Waals surface area contributed by atoms with E-state index in [0.29, 0.717) is 12.6 Å². The van der Waals surface area contributed by atoms with Gasteiger partial charge in [-0.05, 0) is 43.7 Å². The van der Waals surface area contributed by atoms with E-state index in [1.807, 2.05) is 37.3 Å². The molecule has 2 N–H and O–H groups in total. The molecule has 1 saturated carbocycles. The highest BCUT2D eigenvalue weighted by Gasteiger charge is 2.35. The fraction of sp³-hybridized carbons (Fsp3) is 0.421. The van der Waals surface area contributed by atoms with Gasteiger partial charge < -0.3 is 19.6 Å². The normalized spacial score (nSPS) is 20.9. The number of furan rings is 1. The molecule has 0 saturated heterocycles. The van der Waals surface area contributed by atoms with Crippen molar-refractivity contribution < 1.29 is 19.1 Å². The van der Waals surface area contributed by atoms with Crippen molar-refractivity contribution >= 4 is 5.91 Å². The van der Waals surface area contributed by atoms with E-state index in [1.54, 1.807) is 12.1 Å². The number of aliphatic hydroxyl groups is 1. The summed E-state index contributed by atoms with van der Waals surface area (Å²) in [7, 11) is 0. The van der Waals surface area contributed by atoms with Crippen molar-refractivity contribution in [1.82, 2.24) is 5.32 Å². The quantitative estimate of drug-likeness (QED) is 0.819. The second-order valence-electron chi connectivity index (χ2n) is 6.21. The first kappa shape index (κ1) is 16.6. The highest BCUT2D eigenvalue weighted by Crippen LogP contribution is 2.32. The predicted molar refractivity (Wildman–Crippen MR) is 90.0 cm³/mol. The van der Waals surface area contributed by atoms with Gasteiger partial charge in [-0.2, -0.15) is 0 Å². The number of ether oxygens (including phenoxy) is 1. The van der Waals surface area contributed by atoms with Crippen LogP contribution in [0.3, 0.4) is 0 Å². The number of hydrogen-bond acceptors (Lipinski definition) is 4. The van der Waals surface area contributed by atoms with Gasteiger partial charge in [0.25, 0.3) is 11.9 Å². The molecule has 1 amide bonds. The Kier molecular flexibility index (Phi) is 5.20. The molecule has 1 aliphatic carbocycles. The standard InChI is InChI=1S/C19H23NO4/c1-2-23-18-9-8-17(24-18)19(22)20-16(14-11-15(21)12-14)10-13-6-4-3-5-7-13/h3-9,14-16,21H,2,10-12H2,1H3,(H,20,22)/t14?,15?,16-/m1/s1. The monoisotopic (exact) mass is 329 g/mol. The molecular formula is C19H23NO4. The van der Waals surface area contributed by atoms with Crippen LogP contribution < -0.4 is 10.1 Å². The van der Waals surface area contributed by atoms with Crippen LogP contribution in [0.5, 0.6) is 5.95 Å². The van der Waals surface area contributed by atoms with Crippen molar-refractivity contribution in [2.24, 2.45) is 5.92 Å². The van der Waals surface area contributed by atoms with Crippen LogP contribution in [-0.4, -0.2) is 29.8 Å². The molecule has 3 rings (SSSR count). The largest absolute Gasteiger partial charge is 0.465 e. The smallest absolute Gasteiger partial charge is 0.287 e. The van der Waals surface area contributed by atoms with Crippen LogP contribution in [-0.2, 0) is 6.42 Å². The lowest BCUT2D eigenvalue weighted by molar-refractivity contribution is 0.0236. The van der Waals surface area contributed by atoms with Crippen molar-refractivity contribution in [1.29, 1.82) is 0 Å². The fourth-order valence-corrected chi connectivity index (χ4v) is 3.06. The Hall–Kier alpha value is -2.27. The van der Waals surface area contributed by atoms with E-state index in [4.69, 9.17) is 9.15 Å². The molecular weight excluding hydrogens is 306 g/mol. The molecule has 0 bridgehead atoms. The summed E-state index contributed by atoms with van der Waals surface area (Å²) in [6, 6.07) is 13.3. The minimum absolute atomic E-state index is 0.0241. The van der Waals surface area contributed by atoms with Crippen LogP contribution in [0.25, 0.3) is 0 Å². The molecule has 5 heteroatoms. The summed E-state index contributed by atoms with van der Waals surface area (Å²) in [5.41, 5.74) is 1.17. The molecule has 1 heterocycles. The van der Waals surface area contributed by atoms with Crippen molar-refractivity contribution in [3.63, 3.8) is 0 Å². The van der Waals surface area contributed by atoms with Crippen molar-refractivity contribution in [3.05, 3.63) is 53.8 Å². The van der Waals surface area contributed by atoms with E-state index < -0.39 is 0 Å². The summed E-state index contributed by atoms with van der Waals surface area (Å²) in [6.07, 6.45) is 1.93. The van der Waals surface area contributed by atoms with Gasteiger partial charge in [0.1, 0.15) is 0 Å². The molecule has 2 aromatic rings. The minimum atomic E-state index is -0.252. The number of nitrogens with one attached hydrogen (secondary N) is 1. The van der Waals surface area contributed by atoms with Gasteiger partial charge in [0.15, 0.2) is 5.76 Å². The van der Waals surface area contributed by atoms with Gasteiger partial charge in [0.2, 0.25) is 0 Å². The number of aliphatic hydroxyl groups excluding tert-OH is 1. The molecule has 0 spiro atoms. The summed E-state index contributed by atoms with van der Waals surface area (Å²) < 4.78 is 10.7. The summed E-state index contributed by atoms with van der Waals surface area (Å²) in [4.78, 5) is 12.5. The van der Waals surface area contributed by atoms with Crippen LogP contribution in [0.15, 0.2) is 46.9 Å². The molecule has 1 aromatic heterocycles. The van der Waals surface area contributed by atoms with Gasteiger partial charge in [-0.25, -0.2) is 0 Å². The van der Waals surface area contributed by atoms with Gasteiger partial charge in [-0.3, -0.25) is 4.79 Å². The Morgan fingerprint density at radius 2 is 2.04 bits per heavy atom. The average molecular weight is 329 g/mol. The second kappa shape index (κ2) is 7.53. The molecule has 0 radical (unpaired) electrons. The van der Waals surface area contributed by atoms with Gasteiger partial charge in [0, 0.05) is 12.1 Å². The number of amides is 1. The maximum absolute atomic E-state index is 12.5. The molecule has 5 nitrogen and oxygen atoms in total. The minimum Gasteiger partial charge on any atom is -0.465 e. The topological polar surface area (TPSA) is 71.7 Å².